The van der Waals surface area contributed by atoms with E-state index >= 15 is 8.78 Å². The van der Waals surface area contributed by atoms with Crippen LogP contribution in [0.4, 0.5) is 27.6 Å². The number of imidazole rings is 1. The zero-order valence-electron chi connectivity index (χ0n) is 17.4. The van der Waals surface area contributed by atoms with Gasteiger partial charge in [-0.1, -0.05) is 6.92 Å². The number of halogens is 5. The molecule has 3 heterocycles. The summed E-state index contributed by atoms with van der Waals surface area (Å²) in [7, 11) is 0. The maximum absolute atomic E-state index is 15.6. The number of aromatic amines is 1. The van der Waals surface area contributed by atoms with Crippen LogP contribution in [0.1, 0.15) is 19.4 Å². The molecule has 33 heavy (non-hydrogen) atoms. The fourth-order valence-electron chi connectivity index (χ4n) is 4.68. The number of carbonyl (C=O) groups is 1. The van der Waals surface area contributed by atoms with Crippen molar-refractivity contribution in [3.8, 4) is 0 Å². The molecule has 1 aromatic carbocycles. The van der Waals surface area contributed by atoms with Crippen LogP contribution in [-0.2, 0) is 11.1 Å². The Morgan fingerprint density at radius 2 is 2.00 bits per heavy atom. The molecule has 1 fully saturated rings. The summed E-state index contributed by atoms with van der Waals surface area (Å²) >= 11 is 0. The van der Waals surface area contributed by atoms with Gasteiger partial charge in [0.1, 0.15) is 12.0 Å². The number of β-lactam (4-membered cyclic amide) rings is 1. The number of benzene rings is 1. The maximum atomic E-state index is 15.6. The highest BCUT2D eigenvalue weighted by atomic mass is 19.4. The van der Waals surface area contributed by atoms with Crippen LogP contribution in [0.25, 0.3) is 16.6 Å². The molecule has 11 heteroatoms. The predicted molar refractivity (Wildman–Crippen MR) is 110 cm³/mol. The number of nitrogens with one attached hydrogen (secondary N) is 1. The van der Waals surface area contributed by atoms with Gasteiger partial charge in [0, 0.05) is 17.4 Å². The smallest absolute Gasteiger partial charge is 0.345 e. The van der Waals surface area contributed by atoms with Crippen LogP contribution in [0.5, 0.6) is 0 Å². The molecule has 0 saturated carbocycles. The van der Waals surface area contributed by atoms with Gasteiger partial charge in [0.15, 0.2) is 0 Å². The van der Waals surface area contributed by atoms with Crippen molar-refractivity contribution in [2.75, 3.05) is 4.90 Å². The first kappa shape index (κ1) is 21.4. The third kappa shape index (κ3) is 3.09. The molecule has 0 radical (unpaired) electrons. The number of hydrogen-bond donors (Lipinski definition) is 1. The van der Waals surface area contributed by atoms with Gasteiger partial charge in [-0.05, 0) is 42.8 Å². The van der Waals surface area contributed by atoms with Gasteiger partial charge >= 0.3 is 6.30 Å². The maximum Gasteiger partial charge on any atom is 0.504 e. The third-order valence-corrected chi connectivity index (χ3v) is 6.55. The molecular formula is C22H18F5N5O. The minimum atomic E-state index is -4.74. The summed E-state index contributed by atoms with van der Waals surface area (Å²) < 4.78 is 69.4. The van der Waals surface area contributed by atoms with E-state index in [1.807, 2.05) is 0 Å². The minimum Gasteiger partial charge on any atom is -0.345 e. The Hall–Kier alpha value is -3.50. The molecule has 5 rings (SSSR count). The Morgan fingerprint density at radius 1 is 1.24 bits per heavy atom. The molecule has 2 unspecified atom stereocenters. The third-order valence-electron chi connectivity index (χ3n) is 6.55. The van der Waals surface area contributed by atoms with Crippen molar-refractivity contribution < 1.29 is 26.7 Å². The lowest BCUT2D eigenvalue weighted by molar-refractivity contribution is -0.212. The summed E-state index contributed by atoms with van der Waals surface area (Å²) in [5.41, 5.74) is -0.00376. The van der Waals surface area contributed by atoms with Crippen LogP contribution >= 0.6 is 0 Å². The minimum absolute atomic E-state index is 0.0447. The number of rotatable bonds is 3. The van der Waals surface area contributed by atoms with Gasteiger partial charge in [-0.3, -0.25) is 4.79 Å². The first-order chi connectivity index (χ1) is 15.5. The van der Waals surface area contributed by atoms with Gasteiger partial charge in [0.25, 0.3) is 0 Å². The number of H-pyrrole nitrogens is 1. The van der Waals surface area contributed by atoms with Crippen molar-refractivity contribution in [2.24, 2.45) is 11.3 Å². The van der Waals surface area contributed by atoms with Crippen LogP contribution in [0.2, 0.25) is 0 Å². The van der Waals surface area contributed by atoms with Crippen LogP contribution < -0.4 is 4.90 Å². The Morgan fingerprint density at radius 3 is 2.67 bits per heavy atom. The second-order valence-corrected chi connectivity index (χ2v) is 8.49. The van der Waals surface area contributed by atoms with E-state index in [4.69, 9.17) is 0 Å². The van der Waals surface area contributed by atoms with E-state index in [0.29, 0.717) is 22.9 Å². The number of hydrogen-bond acceptors (Lipinski definition) is 3. The zero-order chi connectivity index (χ0) is 23.7. The zero-order valence-corrected chi connectivity index (χ0v) is 17.4. The van der Waals surface area contributed by atoms with Crippen LogP contribution in [0, 0.1) is 11.3 Å². The second kappa shape index (κ2) is 7.00. The van der Waals surface area contributed by atoms with E-state index in [1.54, 1.807) is 25.1 Å². The van der Waals surface area contributed by atoms with Gasteiger partial charge < -0.3 is 9.88 Å². The van der Waals surface area contributed by atoms with Crippen LogP contribution in [0.15, 0.2) is 54.9 Å². The predicted octanol–water partition coefficient (Wildman–Crippen LogP) is 4.88. The van der Waals surface area contributed by atoms with E-state index in [2.05, 4.69) is 15.1 Å². The highest BCUT2D eigenvalue weighted by Gasteiger charge is 2.60. The number of nitrogens with zero attached hydrogens (tertiary/aromatic N) is 4. The van der Waals surface area contributed by atoms with E-state index in [-0.39, 0.29) is 21.7 Å². The van der Waals surface area contributed by atoms with E-state index in [1.165, 1.54) is 18.2 Å². The highest BCUT2D eigenvalue weighted by molar-refractivity contribution is 6.04. The molecule has 0 spiro atoms. The molecule has 1 aliphatic carbocycles. The molecule has 2 aromatic heterocycles. The van der Waals surface area contributed by atoms with Gasteiger partial charge in [-0.15, -0.1) is 13.2 Å². The summed E-state index contributed by atoms with van der Waals surface area (Å²) in [6.45, 7) is 2.99. The monoisotopic (exact) mass is 463 g/mol. The van der Waals surface area contributed by atoms with E-state index in [0.717, 1.165) is 18.3 Å². The number of fused-ring (bicyclic) bond motifs is 1. The summed E-state index contributed by atoms with van der Waals surface area (Å²) in [4.78, 5) is 21.2. The summed E-state index contributed by atoms with van der Waals surface area (Å²) in [5, 5.41) is 3.22. The molecule has 2 aliphatic rings. The number of aromatic nitrogens is 4. The lowest BCUT2D eigenvalue weighted by atomic mass is 9.64. The molecule has 1 N–H and O–H groups in total. The standard InChI is InChI=1S/C22H18F5N5O/c1-11-19(32(20(11)33)14-3-4-15-16(7-14)29-10-28-15)21(2)17(23)5-12(6-18(21)24)13-8-30-31(9-13)22(25,26)27/h3-11,17,19H,1-2H3,(H,28,29)/t11-,17?,19-,21?/m1/s1. The normalized spacial score (nSPS) is 28.0. The molecule has 0 bridgehead atoms. The summed E-state index contributed by atoms with van der Waals surface area (Å²) in [6.07, 6.45) is -1.47. The van der Waals surface area contributed by atoms with Gasteiger partial charge in [0.2, 0.25) is 5.91 Å². The summed E-state index contributed by atoms with van der Waals surface area (Å²) in [5.74, 6) is -1.79. The number of allylic oxidation sites excluding steroid dienone is 3. The largest absolute Gasteiger partial charge is 0.504 e. The van der Waals surface area contributed by atoms with E-state index < -0.39 is 35.7 Å². The Kier molecular flexibility index (Phi) is 4.53. The van der Waals surface area contributed by atoms with E-state index in [9.17, 15) is 18.0 Å². The van der Waals surface area contributed by atoms with Crippen LogP contribution in [-0.4, -0.2) is 37.9 Å². The molecular weight excluding hydrogens is 445 g/mol. The molecule has 172 valence electrons. The van der Waals surface area contributed by atoms with Gasteiger partial charge in [-0.2, -0.15) is 9.78 Å². The first-order valence-corrected chi connectivity index (χ1v) is 10.1. The van der Waals surface area contributed by atoms with Crippen molar-refractivity contribution in [3.63, 3.8) is 0 Å². The molecule has 6 nitrogen and oxygen atoms in total. The molecule has 1 aliphatic heterocycles. The van der Waals surface area contributed by atoms with Crippen molar-refractivity contribution in [2.45, 2.75) is 32.4 Å². The van der Waals surface area contributed by atoms with Gasteiger partial charge in [0.05, 0.1) is 40.9 Å². The summed E-state index contributed by atoms with van der Waals surface area (Å²) in [6, 6.07) is 4.21. The highest BCUT2D eigenvalue weighted by Crippen LogP contribution is 2.52. The SMILES string of the molecule is C[C@H]1C(=O)N(c2ccc3nc[nH]c3c2)[C@H]1C1(C)C(F)=CC(c2cnn(C(F)(F)F)c2)=CC1F. The lowest BCUT2D eigenvalue weighted by Crippen LogP contribution is -2.68. The molecule has 3 aromatic rings. The molecule has 1 saturated heterocycles. The number of amides is 1. The Balaban J connectivity index is 1.50. The lowest BCUT2D eigenvalue weighted by Gasteiger charge is -2.55. The van der Waals surface area contributed by atoms with Crippen molar-refractivity contribution in [1.29, 1.82) is 0 Å². The van der Waals surface area contributed by atoms with Crippen molar-refractivity contribution in [1.82, 2.24) is 19.7 Å². The Labute approximate surface area is 184 Å². The number of alkyl halides is 4. The quantitative estimate of drug-likeness (QED) is 0.445. The fourth-order valence-corrected chi connectivity index (χ4v) is 4.68. The Bertz CT molecular complexity index is 1320. The number of anilines is 1. The van der Waals surface area contributed by atoms with Gasteiger partial charge in [-0.25, -0.2) is 13.8 Å². The topological polar surface area (TPSA) is 66.8 Å². The van der Waals surface area contributed by atoms with Crippen molar-refractivity contribution in [3.05, 3.63) is 60.5 Å². The molecule has 4 atom stereocenters. The molecule has 1 amide bonds. The number of carbonyl (C=O) groups excluding carboxylic acids is 1. The van der Waals surface area contributed by atoms with Crippen LogP contribution in [0.3, 0.4) is 0 Å². The fraction of sp³-hybridized carbons (Fsp3) is 0.318. The second-order valence-electron chi connectivity index (χ2n) is 8.49. The van der Waals surface area contributed by atoms with Crippen molar-refractivity contribution >= 4 is 28.2 Å². The average molecular weight is 463 g/mol. The first-order valence-electron chi connectivity index (χ1n) is 10.1. The average Bonchev–Trinajstić information content (AvgIpc) is 3.43.